The number of carbonyl (C=O) groups is 1. The van der Waals surface area contributed by atoms with E-state index in [1.807, 2.05) is 18.3 Å². The largest absolute Gasteiger partial charge is 0.437 e. The topological polar surface area (TPSA) is 51.3 Å². The van der Waals surface area contributed by atoms with Gasteiger partial charge in [-0.3, -0.25) is 0 Å². The molecular weight excluding hydrogens is 158 g/mol. The van der Waals surface area contributed by atoms with Crippen LogP contribution in [0, 0.1) is 0 Å². The lowest BCUT2D eigenvalue weighted by atomic mass is 10.2. The van der Waals surface area contributed by atoms with Crippen LogP contribution >= 0.6 is 0 Å². The van der Waals surface area contributed by atoms with Crippen LogP contribution in [0.15, 0.2) is 18.3 Å². The zero-order valence-corrected chi connectivity index (χ0v) is 6.45. The van der Waals surface area contributed by atoms with Crippen molar-refractivity contribution in [3.63, 3.8) is 0 Å². The van der Waals surface area contributed by atoms with Gasteiger partial charge in [-0.2, -0.15) is 0 Å². The molecule has 1 fully saturated rings. The summed E-state index contributed by atoms with van der Waals surface area (Å²) in [5.41, 5.74) is 0.985. The van der Waals surface area contributed by atoms with Crippen LogP contribution in [0.4, 0.5) is 0 Å². The van der Waals surface area contributed by atoms with Crippen molar-refractivity contribution in [2.75, 3.05) is 6.79 Å². The Kier molecular flexibility index (Phi) is 1.83. The maximum atomic E-state index is 10.9. The second kappa shape index (κ2) is 2.98. The molecule has 0 saturated carbocycles. The lowest BCUT2D eigenvalue weighted by Crippen LogP contribution is -2.19. The molecule has 2 heterocycles. The minimum absolute atomic E-state index is 0.0875. The van der Waals surface area contributed by atoms with Crippen LogP contribution in [0.1, 0.15) is 5.69 Å². The highest BCUT2D eigenvalue weighted by atomic mass is 16.7. The van der Waals surface area contributed by atoms with Crippen molar-refractivity contribution < 1.29 is 14.3 Å². The van der Waals surface area contributed by atoms with Crippen LogP contribution < -0.4 is 0 Å². The fraction of sp³-hybridized carbons (Fsp3) is 0.375. The normalized spacial score (nSPS) is 22.7. The van der Waals surface area contributed by atoms with Gasteiger partial charge in [0.2, 0.25) is 0 Å². The molecule has 0 bridgehead atoms. The van der Waals surface area contributed by atoms with Gasteiger partial charge in [0.25, 0.3) is 0 Å². The van der Waals surface area contributed by atoms with Gasteiger partial charge in [-0.25, -0.2) is 4.79 Å². The third-order valence-corrected chi connectivity index (χ3v) is 1.80. The van der Waals surface area contributed by atoms with E-state index in [0.29, 0.717) is 6.42 Å². The zero-order valence-electron chi connectivity index (χ0n) is 6.45. The summed E-state index contributed by atoms with van der Waals surface area (Å²) in [6.07, 6.45) is 1.95. The van der Waals surface area contributed by atoms with E-state index in [0.717, 1.165) is 5.69 Å². The quantitative estimate of drug-likeness (QED) is 0.651. The Bertz CT molecular complexity index is 268. The highest BCUT2D eigenvalue weighted by Gasteiger charge is 2.27. The molecule has 1 aromatic rings. The van der Waals surface area contributed by atoms with Gasteiger partial charge in [-0.15, -0.1) is 0 Å². The predicted octanol–water partition coefficient (Wildman–Crippen LogP) is 0.457. The summed E-state index contributed by atoms with van der Waals surface area (Å²) in [6, 6.07) is 3.80. The zero-order chi connectivity index (χ0) is 8.39. The lowest BCUT2D eigenvalue weighted by molar-refractivity contribution is -0.139. The first kappa shape index (κ1) is 7.36. The fourth-order valence-corrected chi connectivity index (χ4v) is 1.17. The number of ether oxygens (including phenoxy) is 2. The molecule has 1 aliphatic rings. The first-order valence-corrected chi connectivity index (χ1v) is 3.77. The average Bonchev–Trinajstić information content (AvgIpc) is 2.65. The molecule has 0 aromatic carbocycles. The van der Waals surface area contributed by atoms with E-state index in [2.05, 4.69) is 9.72 Å². The molecule has 0 amide bonds. The van der Waals surface area contributed by atoms with Gasteiger partial charge in [-0.1, -0.05) is 0 Å². The van der Waals surface area contributed by atoms with Crippen molar-refractivity contribution in [2.45, 2.75) is 12.5 Å². The smallest absolute Gasteiger partial charge is 0.337 e. The van der Waals surface area contributed by atoms with Gasteiger partial charge in [0, 0.05) is 18.3 Å². The second-order valence-corrected chi connectivity index (χ2v) is 2.64. The van der Waals surface area contributed by atoms with Crippen LogP contribution in [0.2, 0.25) is 0 Å². The Morgan fingerprint density at radius 3 is 3.17 bits per heavy atom. The van der Waals surface area contributed by atoms with E-state index in [1.165, 1.54) is 0 Å². The number of cyclic esters (lactones) is 1. The number of carbonyl (C=O) groups excluding carboxylic acids is 1. The molecule has 4 heteroatoms. The van der Waals surface area contributed by atoms with Crippen molar-refractivity contribution >= 4 is 5.97 Å². The minimum atomic E-state index is -0.427. The SMILES string of the molecule is O=C1OCOC1Cc1ccc[nH]1. The maximum absolute atomic E-state index is 10.9. The van der Waals surface area contributed by atoms with Crippen molar-refractivity contribution in [1.29, 1.82) is 0 Å². The number of hydrogen-bond acceptors (Lipinski definition) is 3. The van der Waals surface area contributed by atoms with Crippen LogP contribution in [0.5, 0.6) is 0 Å². The van der Waals surface area contributed by atoms with E-state index in [9.17, 15) is 4.79 Å². The second-order valence-electron chi connectivity index (χ2n) is 2.64. The summed E-state index contributed by atoms with van der Waals surface area (Å²) < 4.78 is 9.69. The molecule has 0 radical (unpaired) electrons. The van der Waals surface area contributed by atoms with Gasteiger partial charge in [0.1, 0.15) is 0 Å². The standard InChI is InChI=1S/C8H9NO3/c10-8-7(11-5-12-8)4-6-2-1-3-9-6/h1-3,7,9H,4-5H2. The molecule has 1 aliphatic heterocycles. The van der Waals surface area contributed by atoms with Gasteiger partial charge in [0.05, 0.1) is 0 Å². The molecule has 1 atom stereocenters. The number of nitrogens with one attached hydrogen (secondary N) is 1. The third kappa shape index (κ3) is 1.33. The number of esters is 1. The van der Waals surface area contributed by atoms with Crippen molar-refractivity contribution in [3.8, 4) is 0 Å². The summed E-state index contributed by atoms with van der Waals surface area (Å²) in [6.45, 7) is 0.0875. The summed E-state index contributed by atoms with van der Waals surface area (Å²) >= 11 is 0. The molecule has 1 N–H and O–H groups in total. The summed E-state index contributed by atoms with van der Waals surface area (Å²) in [5.74, 6) is -0.274. The molecule has 64 valence electrons. The van der Waals surface area contributed by atoms with Crippen LogP contribution in [0.25, 0.3) is 0 Å². The van der Waals surface area contributed by atoms with Crippen LogP contribution in [-0.2, 0) is 20.7 Å². The lowest BCUT2D eigenvalue weighted by Gasteiger charge is -2.01. The number of aromatic nitrogens is 1. The number of aromatic amines is 1. The summed E-state index contributed by atoms with van der Waals surface area (Å²) in [7, 11) is 0. The highest BCUT2D eigenvalue weighted by Crippen LogP contribution is 2.10. The first-order valence-electron chi connectivity index (χ1n) is 3.77. The number of H-pyrrole nitrogens is 1. The van der Waals surface area contributed by atoms with Crippen molar-refractivity contribution in [3.05, 3.63) is 24.0 Å². The average molecular weight is 167 g/mol. The molecule has 0 aliphatic carbocycles. The van der Waals surface area contributed by atoms with Crippen LogP contribution in [0.3, 0.4) is 0 Å². The van der Waals surface area contributed by atoms with E-state index < -0.39 is 6.10 Å². The highest BCUT2D eigenvalue weighted by molar-refractivity contribution is 5.76. The van der Waals surface area contributed by atoms with E-state index in [1.54, 1.807) is 0 Å². The summed E-state index contributed by atoms with van der Waals surface area (Å²) in [4.78, 5) is 13.9. The molecule has 4 nitrogen and oxygen atoms in total. The Morgan fingerprint density at radius 2 is 2.58 bits per heavy atom. The van der Waals surface area contributed by atoms with Gasteiger partial charge < -0.3 is 14.5 Å². The molecule has 0 spiro atoms. The molecule has 2 rings (SSSR count). The van der Waals surface area contributed by atoms with Crippen molar-refractivity contribution in [2.24, 2.45) is 0 Å². The van der Waals surface area contributed by atoms with Gasteiger partial charge in [0.15, 0.2) is 12.9 Å². The summed E-state index contributed by atoms with van der Waals surface area (Å²) in [5, 5.41) is 0. The monoisotopic (exact) mass is 167 g/mol. The fourth-order valence-electron chi connectivity index (χ4n) is 1.17. The van der Waals surface area contributed by atoms with Crippen molar-refractivity contribution in [1.82, 2.24) is 4.98 Å². The first-order chi connectivity index (χ1) is 5.86. The maximum Gasteiger partial charge on any atom is 0.337 e. The molecule has 1 unspecified atom stereocenters. The number of hydrogen-bond donors (Lipinski definition) is 1. The predicted molar refractivity (Wildman–Crippen MR) is 40.3 cm³/mol. The molecule has 1 saturated heterocycles. The third-order valence-electron chi connectivity index (χ3n) is 1.80. The van der Waals surface area contributed by atoms with Gasteiger partial charge in [-0.05, 0) is 12.1 Å². The Hall–Kier alpha value is -1.29. The Balaban J connectivity index is 1.99. The van der Waals surface area contributed by atoms with E-state index in [4.69, 9.17) is 4.74 Å². The Labute approximate surface area is 69.5 Å². The minimum Gasteiger partial charge on any atom is -0.437 e. The molecular formula is C8H9NO3. The number of rotatable bonds is 2. The van der Waals surface area contributed by atoms with Crippen LogP contribution in [-0.4, -0.2) is 23.9 Å². The van der Waals surface area contributed by atoms with E-state index >= 15 is 0 Å². The van der Waals surface area contributed by atoms with E-state index in [-0.39, 0.29) is 12.8 Å². The molecule has 1 aromatic heterocycles. The van der Waals surface area contributed by atoms with Gasteiger partial charge >= 0.3 is 5.97 Å². The molecule has 12 heavy (non-hydrogen) atoms. The Morgan fingerprint density at radius 1 is 1.67 bits per heavy atom.